The summed E-state index contributed by atoms with van der Waals surface area (Å²) in [6.07, 6.45) is 1.87. The van der Waals surface area contributed by atoms with Crippen molar-refractivity contribution in [3.05, 3.63) is 30.6 Å². The Hall–Kier alpha value is -2.10. The molecule has 2 aromatic heterocycles. The second-order valence-corrected chi connectivity index (χ2v) is 5.35. The maximum absolute atomic E-state index is 6.02. The molecule has 19 heavy (non-hydrogen) atoms. The van der Waals surface area contributed by atoms with Crippen LogP contribution in [0.3, 0.4) is 0 Å². The minimum Gasteiger partial charge on any atom is -0.382 e. The fourth-order valence-corrected chi connectivity index (χ4v) is 2.40. The zero-order valence-corrected chi connectivity index (χ0v) is 11.5. The van der Waals surface area contributed by atoms with Crippen LogP contribution >= 0.6 is 0 Å². The number of pyridine rings is 1. The molecule has 4 heteroatoms. The summed E-state index contributed by atoms with van der Waals surface area (Å²) in [5.41, 5.74) is 8.83. The topological polar surface area (TPSA) is 56.7 Å². The molecule has 0 aliphatic heterocycles. The van der Waals surface area contributed by atoms with Gasteiger partial charge in [-0.1, -0.05) is 32.0 Å². The predicted molar refractivity (Wildman–Crippen MR) is 79.0 cm³/mol. The van der Waals surface area contributed by atoms with Gasteiger partial charge in [-0.05, 0) is 18.9 Å². The van der Waals surface area contributed by atoms with E-state index in [0.29, 0.717) is 17.8 Å². The Morgan fingerprint density at radius 3 is 2.63 bits per heavy atom. The van der Waals surface area contributed by atoms with Crippen molar-refractivity contribution >= 4 is 27.8 Å². The Labute approximate surface area is 112 Å². The van der Waals surface area contributed by atoms with E-state index < -0.39 is 0 Å². The highest BCUT2D eigenvalue weighted by molar-refractivity contribution is 6.06. The number of hydrogen-bond donors (Lipinski definition) is 1. The molecule has 4 nitrogen and oxygen atoms in total. The van der Waals surface area contributed by atoms with Gasteiger partial charge in [0.05, 0.1) is 17.4 Å². The monoisotopic (exact) mass is 254 g/mol. The van der Waals surface area contributed by atoms with E-state index in [0.717, 1.165) is 21.9 Å². The Bertz CT molecular complexity index is 742. The van der Waals surface area contributed by atoms with Crippen LogP contribution in [0.25, 0.3) is 21.9 Å². The van der Waals surface area contributed by atoms with Crippen molar-refractivity contribution in [2.24, 2.45) is 5.92 Å². The first-order chi connectivity index (χ1) is 9.09. The molecule has 0 aliphatic rings. The molecule has 2 N–H and O–H groups in total. The van der Waals surface area contributed by atoms with E-state index in [-0.39, 0.29) is 0 Å². The number of rotatable bonds is 2. The van der Waals surface area contributed by atoms with Crippen molar-refractivity contribution < 1.29 is 0 Å². The molecule has 0 spiro atoms. The Balaban J connectivity index is 2.42. The Morgan fingerprint density at radius 2 is 1.89 bits per heavy atom. The number of hydrogen-bond acceptors (Lipinski definition) is 3. The van der Waals surface area contributed by atoms with Gasteiger partial charge in [-0.25, -0.2) is 9.97 Å². The molecule has 1 atom stereocenters. The molecule has 0 radical (unpaired) electrons. The van der Waals surface area contributed by atoms with Crippen LogP contribution in [-0.2, 0) is 0 Å². The van der Waals surface area contributed by atoms with Gasteiger partial charge in [-0.3, -0.25) is 0 Å². The molecular formula is C15H18N4. The van der Waals surface area contributed by atoms with Crippen LogP contribution in [0, 0.1) is 5.92 Å². The first kappa shape index (κ1) is 12.0. The lowest BCUT2D eigenvalue weighted by molar-refractivity contribution is 0.417. The Kier molecular flexibility index (Phi) is 2.66. The maximum Gasteiger partial charge on any atom is 0.152 e. The highest BCUT2D eigenvalue weighted by Crippen LogP contribution is 2.30. The fraction of sp³-hybridized carbons (Fsp3) is 0.333. The van der Waals surface area contributed by atoms with Gasteiger partial charge in [0, 0.05) is 11.4 Å². The second kappa shape index (κ2) is 4.23. The summed E-state index contributed by atoms with van der Waals surface area (Å²) in [6, 6.07) is 8.44. The SMILES string of the molecule is CC(C)[C@H](C)n1cnc2c(N)nc3ccccc3c21. The minimum absolute atomic E-state index is 0.371. The standard InChI is InChI=1S/C15H18N4/c1-9(2)10(3)19-8-17-13-14(19)11-6-4-5-7-12(11)18-15(13)16/h4-10H,1-3H3,(H2,16,18)/t10-/m0/s1. The van der Waals surface area contributed by atoms with Gasteiger partial charge in [0.1, 0.15) is 5.52 Å². The van der Waals surface area contributed by atoms with Crippen molar-refractivity contribution in [1.29, 1.82) is 0 Å². The molecule has 0 amide bonds. The molecule has 0 aliphatic carbocycles. The van der Waals surface area contributed by atoms with Gasteiger partial charge in [0.2, 0.25) is 0 Å². The van der Waals surface area contributed by atoms with E-state index in [1.165, 1.54) is 0 Å². The first-order valence-corrected chi connectivity index (χ1v) is 6.60. The third-order valence-electron chi connectivity index (χ3n) is 3.84. The molecule has 0 saturated carbocycles. The maximum atomic E-state index is 6.02. The third kappa shape index (κ3) is 1.75. The van der Waals surface area contributed by atoms with E-state index in [1.807, 2.05) is 24.5 Å². The normalized spacial score (nSPS) is 13.5. The van der Waals surface area contributed by atoms with Crippen molar-refractivity contribution in [1.82, 2.24) is 14.5 Å². The van der Waals surface area contributed by atoms with E-state index in [2.05, 4.69) is 41.4 Å². The van der Waals surface area contributed by atoms with Crippen LogP contribution in [0.15, 0.2) is 30.6 Å². The number of nitrogens with two attached hydrogens (primary N) is 1. The summed E-state index contributed by atoms with van der Waals surface area (Å²) >= 11 is 0. The van der Waals surface area contributed by atoms with Crippen LogP contribution in [0.4, 0.5) is 5.82 Å². The van der Waals surface area contributed by atoms with Gasteiger partial charge in [-0.15, -0.1) is 0 Å². The lowest BCUT2D eigenvalue weighted by atomic mass is 10.1. The average molecular weight is 254 g/mol. The number of nitrogens with zero attached hydrogens (tertiary/aromatic N) is 3. The fourth-order valence-electron chi connectivity index (χ4n) is 2.40. The van der Waals surface area contributed by atoms with Gasteiger partial charge in [0.15, 0.2) is 5.82 Å². The van der Waals surface area contributed by atoms with Crippen molar-refractivity contribution in [2.45, 2.75) is 26.8 Å². The summed E-state index contributed by atoms with van der Waals surface area (Å²) in [5, 5.41) is 1.11. The summed E-state index contributed by atoms with van der Waals surface area (Å²) < 4.78 is 2.21. The number of benzene rings is 1. The van der Waals surface area contributed by atoms with E-state index >= 15 is 0 Å². The highest BCUT2D eigenvalue weighted by atomic mass is 15.1. The molecule has 1 aromatic carbocycles. The quantitative estimate of drug-likeness (QED) is 0.762. The van der Waals surface area contributed by atoms with E-state index in [1.54, 1.807) is 0 Å². The summed E-state index contributed by atoms with van der Waals surface area (Å²) in [5.74, 6) is 1.04. The average Bonchev–Trinajstić information content (AvgIpc) is 2.83. The summed E-state index contributed by atoms with van der Waals surface area (Å²) in [4.78, 5) is 8.87. The van der Waals surface area contributed by atoms with Crippen molar-refractivity contribution in [3.8, 4) is 0 Å². The Morgan fingerprint density at radius 1 is 1.16 bits per heavy atom. The molecule has 0 fully saturated rings. The van der Waals surface area contributed by atoms with Crippen molar-refractivity contribution in [2.75, 3.05) is 5.73 Å². The molecular weight excluding hydrogens is 236 g/mol. The number of anilines is 1. The number of fused-ring (bicyclic) bond motifs is 3. The number of nitrogen functional groups attached to an aromatic ring is 1. The molecule has 0 unspecified atom stereocenters. The molecule has 0 bridgehead atoms. The van der Waals surface area contributed by atoms with Crippen molar-refractivity contribution in [3.63, 3.8) is 0 Å². The third-order valence-corrected chi connectivity index (χ3v) is 3.84. The van der Waals surface area contributed by atoms with Crippen LogP contribution in [0.1, 0.15) is 26.8 Å². The molecule has 2 heterocycles. The zero-order valence-electron chi connectivity index (χ0n) is 11.5. The van der Waals surface area contributed by atoms with Gasteiger partial charge in [-0.2, -0.15) is 0 Å². The summed E-state index contributed by atoms with van der Waals surface area (Å²) in [6.45, 7) is 6.63. The van der Waals surface area contributed by atoms with Crippen LogP contribution < -0.4 is 5.73 Å². The van der Waals surface area contributed by atoms with Gasteiger partial charge >= 0.3 is 0 Å². The van der Waals surface area contributed by atoms with E-state index in [9.17, 15) is 0 Å². The first-order valence-electron chi connectivity index (χ1n) is 6.60. The lowest BCUT2D eigenvalue weighted by Gasteiger charge is -2.19. The zero-order chi connectivity index (χ0) is 13.6. The molecule has 3 aromatic rings. The predicted octanol–water partition coefficient (Wildman–Crippen LogP) is 3.38. The molecule has 0 saturated heterocycles. The summed E-state index contributed by atoms with van der Waals surface area (Å²) in [7, 11) is 0. The number of imidazole rings is 1. The number of aromatic nitrogens is 3. The largest absolute Gasteiger partial charge is 0.382 e. The lowest BCUT2D eigenvalue weighted by Crippen LogP contribution is -2.10. The van der Waals surface area contributed by atoms with Crippen LogP contribution in [-0.4, -0.2) is 14.5 Å². The smallest absolute Gasteiger partial charge is 0.152 e. The molecule has 3 rings (SSSR count). The van der Waals surface area contributed by atoms with E-state index in [4.69, 9.17) is 5.73 Å². The number of para-hydroxylation sites is 1. The van der Waals surface area contributed by atoms with Gasteiger partial charge < -0.3 is 10.3 Å². The molecule has 98 valence electrons. The van der Waals surface area contributed by atoms with Gasteiger partial charge in [0.25, 0.3) is 0 Å². The minimum atomic E-state index is 0.371. The van der Waals surface area contributed by atoms with Crippen LogP contribution in [0.2, 0.25) is 0 Å². The second-order valence-electron chi connectivity index (χ2n) is 5.35. The van der Waals surface area contributed by atoms with Crippen LogP contribution in [0.5, 0.6) is 0 Å². The highest BCUT2D eigenvalue weighted by Gasteiger charge is 2.17.